The Morgan fingerprint density at radius 1 is 0.700 bits per heavy atom. The Morgan fingerprint density at radius 3 is 2.00 bits per heavy atom. The van der Waals surface area contributed by atoms with Crippen LogP contribution in [0.4, 0.5) is 0 Å². The second-order valence-corrected chi connectivity index (χ2v) is 5.23. The molecule has 1 rings (SSSR count). The first-order chi connectivity index (χ1) is 9.93. The fourth-order valence-corrected chi connectivity index (χ4v) is 2.19. The summed E-state index contributed by atoms with van der Waals surface area (Å²) in [7, 11) is 0. The number of aliphatic hydroxyl groups excluding tert-OH is 1. The van der Waals surface area contributed by atoms with Gasteiger partial charge in [-0.1, -0.05) is 30.3 Å². The van der Waals surface area contributed by atoms with Crippen molar-refractivity contribution >= 4 is 0 Å². The van der Waals surface area contributed by atoms with Crippen LogP contribution in [0.1, 0.15) is 37.7 Å². The summed E-state index contributed by atoms with van der Waals surface area (Å²) in [5.41, 5.74) is 1.44. The van der Waals surface area contributed by atoms with Crippen LogP contribution in [0.15, 0.2) is 30.3 Å². The van der Waals surface area contributed by atoms with E-state index in [4.69, 9.17) is 5.11 Å². The van der Waals surface area contributed by atoms with Crippen LogP contribution in [0.3, 0.4) is 0 Å². The van der Waals surface area contributed by atoms with Gasteiger partial charge < -0.3 is 15.7 Å². The lowest BCUT2D eigenvalue weighted by molar-refractivity contribution is 0.283. The Hall–Kier alpha value is -0.900. The van der Waals surface area contributed by atoms with Gasteiger partial charge in [-0.3, -0.25) is 0 Å². The van der Waals surface area contributed by atoms with Gasteiger partial charge in [0.15, 0.2) is 0 Å². The van der Waals surface area contributed by atoms with Crippen molar-refractivity contribution in [1.29, 1.82) is 0 Å². The topological polar surface area (TPSA) is 44.3 Å². The van der Waals surface area contributed by atoms with Gasteiger partial charge in [0.05, 0.1) is 0 Å². The maximum absolute atomic E-state index is 8.65. The van der Waals surface area contributed by atoms with Crippen molar-refractivity contribution < 1.29 is 5.11 Å². The molecule has 20 heavy (non-hydrogen) atoms. The van der Waals surface area contributed by atoms with Gasteiger partial charge in [0.1, 0.15) is 0 Å². The van der Waals surface area contributed by atoms with Crippen molar-refractivity contribution in [2.45, 2.75) is 38.5 Å². The molecule has 0 heterocycles. The number of aryl methyl sites for hydroxylation is 1. The number of hydrogen-bond donors (Lipinski definition) is 3. The first-order valence-electron chi connectivity index (χ1n) is 7.99. The summed E-state index contributed by atoms with van der Waals surface area (Å²) >= 11 is 0. The van der Waals surface area contributed by atoms with E-state index in [1.165, 1.54) is 24.8 Å². The highest BCUT2D eigenvalue weighted by molar-refractivity contribution is 5.14. The molecule has 0 fully saturated rings. The minimum Gasteiger partial charge on any atom is -0.396 e. The van der Waals surface area contributed by atoms with Crippen molar-refractivity contribution in [3.63, 3.8) is 0 Å². The van der Waals surface area contributed by atoms with Gasteiger partial charge in [-0.05, 0) is 57.2 Å². The van der Waals surface area contributed by atoms with Crippen LogP contribution >= 0.6 is 0 Å². The molecule has 0 radical (unpaired) electrons. The summed E-state index contributed by atoms with van der Waals surface area (Å²) in [5, 5.41) is 15.5. The molecular formula is C17H30N2O. The molecule has 3 nitrogen and oxygen atoms in total. The van der Waals surface area contributed by atoms with Crippen LogP contribution in [0.25, 0.3) is 0 Å². The van der Waals surface area contributed by atoms with E-state index < -0.39 is 0 Å². The van der Waals surface area contributed by atoms with E-state index in [1.54, 1.807) is 0 Å². The lowest BCUT2D eigenvalue weighted by atomic mass is 10.1. The third-order valence-electron chi connectivity index (χ3n) is 3.40. The zero-order chi connectivity index (χ0) is 14.3. The third-order valence-corrected chi connectivity index (χ3v) is 3.40. The summed E-state index contributed by atoms with van der Waals surface area (Å²) in [5.74, 6) is 0. The van der Waals surface area contributed by atoms with Crippen molar-refractivity contribution in [3.8, 4) is 0 Å². The van der Waals surface area contributed by atoms with Crippen LogP contribution in [-0.4, -0.2) is 37.9 Å². The normalized spacial score (nSPS) is 10.8. The molecule has 0 aromatic heterocycles. The largest absolute Gasteiger partial charge is 0.396 e. The average molecular weight is 278 g/mol. The summed E-state index contributed by atoms with van der Waals surface area (Å²) in [4.78, 5) is 0. The van der Waals surface area contributed by atoms with Gasteiger partial charge in [-0.25, -0.2) is 0 Å². The Labute approximate surface area is 123 Å². The van der Waals surface area contributed by atoms with Crippen LogP contribution in [0.5, 0.6) is 0 Å². The van der Waals surface area contributed by atoms with Gasteiger partial charge in [0.2, 0.25) is 0 Å². The summed E-state index contributed by atoms with van der Waals surface area (Å²) < 4.78 is 0. The molecule has 3 N–H and O–H groups in total. The zero-order valence-electron chi connectivity index (χ0n) is 12.6. The second kappa shape index (κ2) is 13.1. The molecule has 1 aromatic rings. The number of aliphatic hydroxyl groups is 1. The molecular weight excluding hydrogens is 248 g/mol. The average Bonchev–Trinajstić information content (AvgIpc) is 2.49. The highest BCUT2D eigenvalue weighted by atomic mass is 16.2. The lowest BCUT2D eigenvalue weighted by Crippen LogP contribution is -2.28. The molecule has 0 bridgehead atoms. The fraction of sp³-hybridized carbons (Fsp3) is 0.647. The Kier molecular flexibility index (Phi) is 11.2. The number of nitrogens with one attached hydrogen (secondary N) is 2. The minimum absolute atomic E-state index is 0.324. The third kappa shape index (κ3) is 9.96. The van der Waals surface area contributed by atoms with E-state index in [0.717, 1.165) is 45.4 Å². The smallest absolute Gasteiger partial charge is 0.0431 e. The summed E-state index contributed by atoms with van der Waals surface area (Å²) in [6, 6.07) is 10.7. The van der Waals surface area contributed by atoms with Gasteiger partial charge >= 0.3 is 0 Å². The Morgan fingerprint density at radius 2 is 1.35 bits per heavy atom. The maximum Gasteiger partial charge on any atom is 0.0431 e. The molecule has 0 amide bonds. The molecule has 0 aliphatic carbocycles. The number of rotatable bonds is 13. The maximum atomic E-state index is 8.65. The zero-order valence-corrected chi connectivity index (χ0v) is 12.6. The van der Waals surface area contributed by atoms with Crippen molar-refractivity contribution in [2.75, 3.05) is 32.8 Å². The van der Waals surface area contributed by atoms with E-state index in [0.29, 0.717) is 6.61 Å². The van der Waals surface area contributed by atoms with E-state index in [-0.39, 0.29) is 0 Å². The van der Waals surface area contributed by atoms with Crippen LogP contribution < -0.4 is 10.6 Å². The molecule has 0 unspecified atom stereocenters. The molecule has 114 valence electrons. The van der Waals surface area contributed by atoms with E-state index in [1.807, 2.05) is 0 Å². The Bertz CT molecular complexity index is 303. The van der Waals surface area contributed by atoms with E-state index in [9.17, 15) is 0 Å². The summed E-state index contributed by atoms with van der Waals surface area (Å²) in [6.45, 7) is 4.59. The highest BCUT2D eigenvalue weighted by Gasteiger charge is 1.93. The van der Waals surface area contributed by atoms with Gasteiger partial charge in [-0.15, -0.1) is 0 Å². The van der Waals surface area contributed by atoms with Crippen LogP contribution in [0.2, 0.25) is 0 Å². The number of unbranched alkanes of at least 4 members (excludes halogenated alkanes) is 3. The van der Waals surface area contributed by atoms with Crippen LogP contribution in [0, 0.1) is 0 Å². The van der Waals surface area contributed by atoms with Gasteiger partial charge in [0.25, 0.3) is 0 Å². The predicted molar refractivity (Wildman–Crippen MR) is 86.1 cm³/mol. The Balaban J connectivity index is 1.77. The molecule has 0 saturated carbocycles. The van der Waals surface area contributed by atoms with Crippen LogP contribution in [-0.2, 0) is 6.42 Å². The van der Waals surface area contributed by atoms with Crippen molar-refractivity contribution in [1.82, 2.24) is 10.6 Å². The molecule has 1 aromatic carbocycles. The number of benzene rings is 1. The molecule has 0 aliphatic rings. The number of hydrogen-bond acceptors (Lipinski definition) is 3. The molecule has 0 atom stereocenters. The van der Waals surface area contributed by atoms with E-state index in [2.05, 4.69) is 41.0 Å². The first kappa shape index (κ1) is 17.2. The molecule has 0 spiro atoms. The second-order valence-electron chi connectivity index (χ2n) is 5.23. The fourth-order valence-electron chi connectivity index (χ4n) is 2.19. The standard InChI is InChI=1S/C17H30N2O/c20-16-8-2-6-12-18-14-15-19-13-7-5-11-17-9-3-1-4-10-17/h1,3-4,9-10,18-20H,2,5-8,11-16H2. The monoisotopic (exact) mass is 278 g/mol. The lowest BCUT2D eigenvalue weighted by Gasteiger charge is -2.06. The highest BCUT2D eigenvalue weighted by Crippen LogP contribution is 2.03. The quantitative estimate of drug-likeness (QED) is 0.485. The minimum atomic E-state index is 0.324. The molecule has 3 heteroatoms. The first-order valence-corrected chi connectivity index (χ1v) is 7.99. The SMILES string of the molecule is OCCCCCNCCNCCCCc1ccccc1. The summed E-state index contributed by atoms with van der Waals surface area (Å²) in [6.07, 6.45) is 6.90. The van der Waals surface area contributed by atoms with Crippen molar-refractivity contribution in [2.24, 2.45) is 0 Å². The molecule has 0 aliphatic heterocycles. The predicted octanol–water partition coefficient (Wildman–Crippen LogP) is 2.35. The van der Waals surface area contributed by atoms with Crippen molar-refractivity contribution in [3.05, 3.63) is 35.9 Å². The van der Waals surface area contributed by atoms with Gasteiger partial charge in [-0.2, -0.15) is 0 Å². The van der Waals surface area contributed by atoms with Gasteiger partial charge in [0, 0.05) is 19.7 Å². The van der Waals surface area contributed by atoms with E-state index >= 15 is 0 Å². The molecule has 0 saturated heterocycles.